The summed E-state index contributed by atoms with van der Waals surface area (Å²) < 4.78 is 18.8. The first-order chi connectivity index (χ1) is 19.2. The molecule has 0 fully saturated rings. The lowest BCUT2D eigenvalue weighted by Gasteiger charge is -2.26. The molecule has 0 saturated heterocycles. The Morgan fingerprint density at radius 1 is 1.25 bits per heavy atom. The van der Waals surface area contributed by atoms with E-state index in [1.807, 2.05) is 43.7 Å². The highest BCUT2D eigenvalue weighted by molar-refractivity contribution is 5.98. The predicted molar refractivity (Wildman–Crippen MR) is 146 cm³/mol. The third-order valence-electron chi connectivity index (χ3n) is 6.78. The second kappa shape index (κ2) is 12.7. The first-order valence-corrected chi connectivity index (χ1v) is 13.4. The lowest BCUT2D eigenvalue weighted by molar-refractivity contribution is -0.130. The molecule has 3 amide bonds. The molecule has 1 aliphatic heterocycles. The molecule has 2 bridgehead atoms. The van der Waals surface area contributed by atoms with Gasteiger partial charge in [-0.15, -0.1) is 0 Å². The number of nitrogens with one attached hydrogen (secondary N) is 2. The third-order valence-corrected chi connectivity index (χ3v) is 6.78. The summed E-state index contributed by atoms with van der Waals surface area (Å²) in [6, 6.07) is 4.71. The average molecular weight is 553 g/mol. The number of benzene rings is 1. The molecule has 2 N–H and O–H groups in total. The molecule has 0 radical (unpaired) electrons. The van der Waals surface area contributed by atoms with Crippen LogP contribution in [0.15, 0.2) is 35.1 Å². The van der Waals surface area contributed by atoms with E-state index in [-0.39, 0.29) is 31.5 Å². The van der Waals surface area contributed by atoms with E-state index in [1.165, 1.54) is 4.90 Å². The second-order valence-electron chi connectivity index (χ2n) is 9.88. The smallest absolute Gasteiger partial charge is 0.259 e. The maximum Gasteiger partial charge on any atom is 0.259 e. The highest BCUT2D eigenvalue weighted by Crippen LogP contribution is 2.32. The molecule has 12 nitrogen and oxygen atoms in total. The minimum atomic E-state index is -0.776. The number of nitrogens with zero attached hydrogens (tertiary/aromatic N) is 4. The first-order valence-electron chi connectivity index (χ1n) is 13.4. The number of carbonyl (C=O) groups is 3. The van der Waals surface area contributed by atoms with Crippen LogP contribution in [0.1, 0.15) is 42.6 Å². The van der Waals surface area contributed by atoms with Gasteiger partial charge in [0, 0.05) is 31.0 Å². The normalized spacial score (nSPS) is 16.9. The van der Waals surface area contributed by atoms with Gasteiger partial charge in [-0.05, 0) is 37.5 Å². The summed E-state index contributed by atoms with van der Waals surface area (Å²) in [6.07, 6.45) is 4.02. The lowest BCUT2D eigenvalue weighted by Crippen LogP contribution is -2.53. The fourth-order valence-corrected chi connectivity index (χ4v) is 4.63. The van der Waals surface area contributed by atoms with Crippen molar-refractivity contribution in [1.29, 1.82) is 0 Å². The van der Waals surface area contributed by atoms with Crippen molar-refractivity contribution in [3.8, 4) is 22.9 Å². The van der Waals surface area contributed by atoms with E-state index in [0.717, 1.165) is 5.56 Å². The molecule has 40 heavy (non-hydrogen) atoms. The van der Waals surface area contributed by atoms with Crippen LogP contribution in [0.2, 0.25) is 0 Å². The zero-order valence-electron chi connectivity index (χ0n) is 23.5. The van der Waals surface area contributed by atoms with Crippen molar-refractivity contribution in [3.63, 3.8) is 0 Å². The SMILES string of the molecule is CCc1noc(C)c1C(=O)N1CCOc2cc(ccc2OC)-c2nccn2CCNC(=O)[C@@H](C(C)C)NC(=O)C1. The summed E-state index contributed by atoms with van der Waals surface area (Å²) >= 11 is 0. The predicted octanol–water partition coefficient (Wildman–Crippen LogP) is 2.21. The molecular weight excluding hydrogens is 516 g/mol. The van der Waals surface area contributed by atoms with Crippen molar-refractivity contribution in [1.82, 2.24) is 30.2 Å². The molecule has 1 atom stereocenters. The average Bonchev–Trinajstić information content (AvgIpc) is 3.56. The van der Waals surface area contributed by atoms with Gasteiger partial charge in [0.2, 0.25) is 11.8 Å². The number of fused-ring (bicyclic) bond motifs is 4. The summed E-state index contributed by atoms with van der Waals surface area (Å²) in [5.41, 5.74) is 1.64. The molecule has 1 aliphatic rings. The summed E-state index contributed by atoms with van der Waals surface area (Å²) in [7, 11) is 1.55. The van der Waals surface area contributed by atoms with E-state index in [0.29, 0.717) is 53.9 Å². The number of rotatable bonds is 4. The highest BCUT2D eigenvalue weighted by Gasteiger charge is 2.29. The highest BCUT2D eigenvalue weighted by atomic mass is 16.5. The van der Waals surface area contributed by atoms with E-state index in [9.17, 15) is 14.4 Å². The number of hydrogen-bond donors (Lipinski definition) is 2. The van der Waals surface area contributed by atoms with E-state index in [4.69, 9.17) is 14.0 Å². The van der Waals surface area contributed by atoms with Gasteiger partial charge in [-0.2, -0.15) is 0 Å². The molecule has 0 saturated carbocycles. The molecule has 0 spiro atoms. The number of amides is 3. The van der Waals surface area contributed by atoms with E-state index in [2.05, 4.69) is 20.8 Å². The Balaban J connectivity index is 1.69. The summed E-state index contributed by atoms with van der Waals surface area (Å²) in [6.45, 7) is 7.93. The molecular formula is C28H36N6O6. The zero-order chi connectivity index (χ0) is 28.8. The molecule has 214 valence electrons. The summed E-state index contributed by atoms with van der Waals surface area (Å²) in [5, 5.41) is 9.71. The van der Waals surface area contributed by atoms with Crippen LogP contribution in [0.4, 0.5) is 0 Å². The van der Waals surface area contributed by atoms with Gasteiger partial charge < -0.3 is 34.1 Å². The van der Waals surface area contributed by atoms with E-state index < -0.39 is 17.9 Å². The number of imidazole rings is 1. The van der Waals surface area contributed by atoms with Crippen LogP contribution < -0.4 is 20.1 Å². The molecule has 0 unspecified atom stereocenters. The van der Waals surface area contributed by atoms with Gasteiger partial charge >= 0.3 is 0 Å². The summed E-state index contributed by atoms with van der Waals surface area (Å²) in [4.78, 5) is 45.8. The Kier molecular flexibility index (Phi) is 9.08. The lowest BCUT2D eigenvalue weighted by atomic mass is 10.0. The van der Waals surface area contributed by atoms with Crippen molar-refractivity contribution in [2.45, 2.75) is 46.7 Å². The number of methoxy groups -OCH3 is 1. The van der Waals surface area contributed by atoms with Crippen LogP contribution in [-0.4, -0.2) is 76.7 Å². The molecule has 2 aromatic heterocycles. The maximum atomic E-state index is 13.7. The molecule has 1 aromatic carbocycles. The fraction of sp³-hybridized carbons (Fsp3) is 0.464. The van der Waals surface area contributed by atoms with Gasteiger partial charge in [0.1, 0.15) is 29.8 Å². The number of carbonyl (C=O) groups excluding carboxylic acids is 3. The van der Waals surface area contributed by atoms with Crippen molar-refractivity contribution in [2.24, 2.45) is 5.92 Å². The van der Waals surface area contributed by atoms with Gasteiger partial charge in [0.25, 0.3) is 5.91 Å². The number of hydrogen-bond acceptors (Lipinski definition) is 8. The van der Waals surface area contributed by atoms with Crippen LogP contribution >= 0.6 is 0 Å². The Bertz CT molecular complexity index is 1360. The van der Waals surface area contributed by atoms with Gasteiger partial charge in [-0.25, -0.2) is 4.98 Å². The maximum absolute atomic E-state index is 13.7. The van der Waals surface area contributed by atoms with Crippen LogP contribution in [0.25, 0.3) is 11.4 Å². The molecule has 0 aliphatic carbocycles. The van der Waals surface area contributed by atoms with Crippen LogP contribution in [0.5, 0.6) is 11.5 Å². The van der Waals surface area contributed by atoms with E-state index >= 15 is 0 Å². The van der Waals surface area contributed by atoms with Gasteiger partial charge in [-0.3, -0.25) is 14.4 Å². The minimum Gasteiger partial charge on any atom is -0.493 e. The van der Waals surface area contributed by atoms with E-state index in [1.54, 1.807) is 26.3 Å². The topological polar surface area (TPSA) is 141 Å². The molecule has 3 aromatic rings. The van der Waals surface area contributed by atoms with Gasteiger partial charge in [0.05, 0.1) is 25.9 Å². The number of ether oxygens (including phenoxy) is 2. The fourth-order valence-electron chi connectivity index (χ4n) is 4.63. The third kappa shape index (κ3) is 6.27. The Morgan fingerprint density at radius 2 is 2.05 bits per heavy atom. The summed E-state index contributed by atoms with van der Waals surface area (Å²) in [5.74, 6) is 0.719. The monoisotopic (exact) mass is 552 g/mol. The van der Waals surface area contributed by atoms with Crippen molar-refractivity contribution in [3.05, 3.63) is 47.6 Å². The quantitative estimate of drug-likeness (QED) is 0.502. The van der Waals surface area contributed by atoms with Crippen molar-refractivity contribution >= 4 is 17.7 Å². The molecule has 12 heteroatoms. The zero-order valence-corrected chi connectivity index (χ0v) is 23.5. The Hall–Kier alpha value is -4.35. The van der Waals surface area contributed by atoms with Gasteiger partial charge in [0.15, 0.2) is 11.5 Å². The standard InChI is InChI=1S/C28H36N6O6/c1-6-20-24(18(4)40-32-20)28(37)34-13-14-39-22-15-19(7-8-21(22)38-5)26-29-9-11-33(26)12-10-30-27(36)25(17(2)3)31-23(35)16-34/h7-9,11,15,17,25H,6,10,12-14,16H2,1-5H3,(H,30,36)(H,31,35)/t25-/m1/s1. The first kappa shape index (κ1) is 28.7. The minimum absolute atomic E-state index is 0.0765. The van der Waals surface area contributed by atoms with Crippen LogP contribution in [0.3, 0.4) is 0 Å². The number of aromatic nitrogens is 3. The van der Waals surface area contributed by atoms with Crippen LogP contribution in [0, 0.1) is 12.8 Å². The van der Waals surface area contributed by atoms with Gasteiger partial charge in [-0.1, -0.05) is 25.9 Å². The van der Waals surface area contributed by atoms with Crippen LogP contribution in [-0.2, 0) is 22.6 Å². The second-order valence-corrected chi connectivity index (χ2v) is 9.88. The van der Waals surface area contributed by atoms with Crippen molar-refractivity contribution < 1.29 is 28.4 Å². The Labute approximate surface area is 233 Å². The van der Waals surface area contributed by atoms with Crippen molar-refractivity contribution in [2.75, 3.05) is 33.4 Å². The number of aryl methyl sites for hydroxylation is 2. The Morgan fingerprint density at radius 3 is 2.77 bits per heavy atom. The largest absolute Gasteiger partial charge is 0.493 e. The molecule has 3 heterocycles. The molecule has 4 rings (SSSR count).